The molecular formula is C23H22N4O2. The summed E-state index contributed by atoms with van der Waals surface area (Å²) >= 11 is 0. The van der Waals surface area contributed by atoms with Crippen molar-refractivity contribution in [3.05, 3.63) is 76.2 Å². The number of rotatable bonds is 2. The van der Waals surface area contributed by atoms with Crippen LogP contribution in [0.15, 0.2) is 59.5 Å². The predicted molar refractivity (Wildman–Crippen MR) is 113 cm³/mol. The molecule has 0 bridgehead atoms. The molecule has 1 amide bonds. The molecule has 0 spiro atoms. The van der Waals surface area contributed by atoms with Crippen LogP contribution in [0.2, 0.25) is 0 Å². The van der Waals surface area contributed by atoms with Crippen LogP contribution in [0.4, 0.5) is 0 Å². The highest BCUT2D eigenvalue weighted by molar-refractivity contribution is 6.08. The van der Waals surface area contributed by atoms with Gasteiger partial charge in [0.2, 0.25) is 5.91 Å². The number of aromatic nitrogens is 3. The van der Waals surface area contributed by atoms with E-state index in [1.165, 1.54) is 15.8 Å². The number of benzene rings is 2. The summed E-state index contributed by atoms with van der Waals surface area (Å²) in [7, 11) is 1.64. The molecule has 29 heavy (non-hydrogen) atoms. The average Bonchev–Trinajstić information content (AvgIpc) is 3.10. The summed E-state index contributed by atoms with van der Waals surface area (Å²) < 4.78 is 3.21. The molecule has 0 aliphatic carbocycles. The standard InChI is InChI=1S/C23H22N4O2/c1-15(22(28)26-12-11-16-7-3-4-8-17(16)14-26)27-20-10-6-5-9-18(20)19-13-24-25(2)23(29)21(19)27/h3-10,13,15H,11-12,14H2,1-2H3/t15-/m1/s1. The fourth-order valence-corrected chi connectivity index (χ4v) is 4.45. The van der Waals surface area contributed by atoms with Crippen molar-refractivity contribution < 1.29 is 4.79 Å². The summed E-state index contributed by atoms with van der Waals surface area (Å²) in [4.78, 5) is 28.3. The van der Waals surface area contributed by atoms with Gasteiger partial charge in [0, 0.05) is 30.9 Å². The van der Waals surface area contributed by atoms with Crippen LogP contribution < -0.4 is 5.56 Å². The van der Waals surface area contributed by atoms with E-state index < -0.39 is 6.04 Å². The molecule has 0 fully saturated rings. The van der Waals surface area contributed by atoms with Gasteiger partial charge in [0.1, 0.15) is 11.6 Å². The number of nitrogens with zero attached hydrogens (tertiary/aromatic N) is 4. The Morgan fingerprint density at radius 2 is 1.76 bits per heavy atom. The lowest BCUT2D eigenvalue weighted by molar-refractivity contribution is -0.135. The first-order valence-electron chi connectivity index (χ1n) is 9.87. The van der Waals surface area contributed by atoms with E-state index in [2.05, 4.69) is 17.2 Å². The van der Waals surface area contributed by atoms with Gasteiger partial charge in [-0.15, -0.1) is 0 Å². The molecule has 2 aromatic heterocycles. The number of hydrogen-bond acceptors (Lipinski definition) is 3. The fraction of sp³-hybridized carbons (Fsp3) is 0.261. The summed E-state index contributed by atoms with van der Waals surface area (Å²) in [5, 5.41) is 5.91. The van der Waals surface area contributed by atoms with Crippen LogP contribution in [0.3, 0.4) is 0 Å². The molecule has 0 saturated heterocycles. The first kappa shape index (κ1) is 17.7. The zero-order chi connectivity index (χ0) is 20.1. The van der Waals surface area contributed by atoms with Crippen molar-refractivity contribution in [1.29, 1.82) is 0 Å². The summed E-state index contributed by atoms with van der Waals surface area (Å²) in [6.07, 6.45) is 2.57. The maximum Gasteiger partial charge on any atom is 0.291 e. The highest BCUT2D eigenvalue weighted by Crippen LogP contribution is 2.31. The maximum absolute atomic E-state index is 13.5. The minimum absolute atomic E-state index is 0.0287. The van der Waals surface area contributed by atoms with Gasteiger partial charge < -0.3 is 9.47 Å². The summed E-state index contributed by atoms with van der Waals surface area (Å²) in [5.41, 5.74) is 3.72. The van der Waals surface area contributed by atoms with Gasteiger partial charge in [0.25, 0.3) is 5.56 Å². The molecule has 1 aliphatic rings. The topological polar surface area (TPSA) is 60.1 Å². The minimum atomic E-state index is -0.488. The molecule has 1 atom stereocenters. The van der Waals surface area contributed by atoms with E-state index in [0.717, 1.165) is 22.7 Å². The highest BCUT2D eigenvalue weighted by atomic mass is 16.2. The van der Waals surface area contributed by atoms with Crippen molar-refractivity contribution in [2.75, 3.05) is 6.54 Å². The number of aryl methyl sites for hydroxylation is 1. The van der Waals surface area contributed by atoms with Gasteiger partial charge in [0.05, 0.1) is 11.7 Å². The van der Waals surface area contributed by atoms with E-state index in [1.54, 1.807) is 13.2 Å². The van der Waals surface area contributed by atoms with Gasteiger partial charge in [-0.3, -0.25) is 9.59 Å². The highest BCUT2D eigenvalue weighted by Gasteiger charge is 2.28. The Bertz CT molecular complexity index is 1320. The second-order valence-electron chi connectivity index (χ2n) is 7.68. The van der Waals surface area contributed by atoms with E-state index >= 15 is 0 Å². The van der Waals surface area contributed by atoms with Crippen LogP contribution >= 0.6 is 0 Å². The lowest BCUT2D eigenvalue weighted by Crippen LogP contribution is -2.40. The third-order valence-electron chi connectivity index (χ3n) is 5.99. The monoisotopic (exact) mass is 386 g/mol. The van der Waals surface area contributed by atoms with E-state index in [9.17, 15) is 9.59 Å². The van der Waals surface area contributed by atoms with E-state index in [-0.39, 0.29) is 11.5 Å². The quantitative estimate of drug-likeness (QED) is 0.532. The predicted octanol–water partition coefficient (Wildman–Crippen LogP) is 3.03. The maximum atomic E-state index is 13.5. The van der Waals surface area contributed by atoms with Crippen molar-refractivity contribution in [2.45, 2.75) is 25.9 Å². The largest absolute Gasteiger partial charge is 0.336 e. The first-order valence-corrected chi connectivity index (χ1v) is 9.87. The van der Waals surface area contributed by atoms with Gasteiger partial charge in [-0.05, 0) is 30.5 Å². The lowest BCUT2D eigenvalue weighted by atomic mass is 9.99. The summed E-state index contributed by atoms with van der Waals surface area (Å²) in [6, 6.07) is 15.6. The zero-order valence-electron chi connectivity index (χ0n) is 16.5. The zero-order valence-corrected chi connectivity index (χ0v) is 16.5. The van der Waals surface area contributed by atoms with Crippen molar-refractivity contribution in [3.63, 3.8) is 0 Å². The van der Waals surface area contributed by atoms with Crippen LogP contribution in [0, 0.1) is 0 Å². The molecule has 0 unspecified atom stereocenters. The Morgan fingerprint density at radius 3 is 2.59 bits per heavy atom. The molecule has 0 saturated carbocycles. The molecule has 6 heteroatoms. The lowest BCUT2D eigenvalue weighted by Gasteiger charge is -2.31. The normalized spacial score (nSPS) is 14.9. The number of fused-ring (bicyclic) bond motifs is 4. The van der Waals surface area contributed by atoms with Crippen molar-refractivity contribution >= 4 is 27.7 Å². The smallest absolute Gasteiger partial charge is 0.291 e. The number of amides is 1. The van der Waals surface area contributed by atoms with Crippen molar-refractivity contribution in [2.24, 2.45) is 7.05 Å². The molecule has 0 radical (unpaired) electrons. The second kappa shape index (κ2) is 6.58. The second-order valence-corrected chi connectivity index (χ2v) is 7.68. The van der Waals surface area contributed by atoms with Crippen LogP contribution in [0.1, 0.15) is 24.1 Å². The Labute approximate surface area is 168 Å². The molecule has 4 aromatic rings. The molecule has 2 aromatic carbocycles. The Kier molecular flexibility index (Phi) is 4.01. The molecule has 146 valence electrons. The molecular weight excluding hydrogens is 364 g/mol. The summed E-state index contributed by atoms with van der Waals surface area (Å²) in [6.45, 7) is 3.18. The van der Waals surface area contributed by atoms with Crippen molar-refractivity contribution in [1.82, 2.24) is 19.2 Å². The van der Waals surface area contributed by atoms with Crippen LogP contribution in [-0.4, -0.2) is 31.7 Å². The van der Waals surface area contributed by atoms with Gasteiger partial charge in [-0.25, -0.2) is 4.68 Å². The van der Waals surface area contributed by atoms with E-state index in [1.807, 2.05) is 52.8 Å². The van der Waals surface area contributed by atoms with E-state index in [0.29, 0.717) is 18.6 Å². The van der Waals surface area contributed by atoms with Gasteiger partial charge in [-0.2, -0.15) is 5.10 Å². The Morgan fingerprint density at radius 1 is 1.03 bits per heavy atom. The van der Waals surface area contributed by atoms with Gasteiger partial charge in [-0.1, -0.05) is 42.5 Å². The van der Waals surface area contributed by atoms with Crippen LogP contribution in [0.5, 0.6) is 0 Å². The van der Waals surface area contributed by atoms with Gasteiger partial charge in [0.15, 0.2) is 0 Å². The van der Waals surface area contributed by atoms with Crippen molar-refractivity contribution in [3.8, 4) is 0 Å². The number of carbonyl (C=O) groups excluding carboxylic acids is 1. The molecule has 3 heterocycles. The molecule has 6 nitrogen and oxygen atoms in total. The van der Waals surface area contributed by atoms with Crippen LogP contribution in [-0.2, 0) is 24.8 Å². The molecule has 0 N–H and O–H groups in total. The van der Waals surface area contributed by atoms with Crippen LogP contribution in [0.25, 0.3) is 21.8 Å². The van der Waals surface area contributed by atoms with E-state index in [4.69, 9.17) is 0 Å². The molecule has 1 aliphatic heterocycles. The first-order chi connectivity index (χ1) is 14.1. The number of carbonyl (C=O) groups is 1. The average molecular weight is 386 g/mol. The third-order valence-corrected chi connectivity index (χ3v) is 5.99. The Hall–Kier alpha value is -3.41. The minimum Gasteiger partial charge on any atom is -0.336 e. The number of hydrogen-bond donors (Lipinski definition) is 0. The fourth-order valence-electron chi connectivity index (χ4n) is 4.45. The Balaban J connectivity index is 1.62. The SMILES string of the molecule is C[C@H](C(=O)N1CCc2ccccc2C1)n1c2ccccc2c2cnn(C)c(=O)c21. The molecule has 5 rings (SSSR count). The summed E-state index contributed by atoms with van der Waals surface area (Å²) in [5.74, 6) is 0.0287. The number of para-hydroxylation sites is 1. The van der Waals surface area contributed by atoms with Gasteiger partial charge >= 0.3 is 0 Å². The third kappa shape index (κ3) is 2.67.